The van der Waals surface area contributed by atoms with E-state index in [1.54, 1.807) is 10.6 Å². The first-order valence-corrected chi connectivity index (χ1v) is 8.94. The van der Waals surface area contributed by atoms with Crippen molar-refractivity contribution in [1.29, 1.82) is 0 Å². The predicted molar refractivity (Wildman–Crippen MR) is 101 cm³/mol. The molecule has 1 atom stereocenters. The molecule has 1 unspecified atom stereocenters. The Balaban J connectivity index is 1.56. The number of benzene rings is 1. The Hall–Kier alpha value is -2.97. The third-order valence-electron chi connectivity index (χ3n) is 4.72. The van der Waals surface area contributed by atoms with Crippen molar-refractivity contribution in [3.8, 4) is 11.3 Å². The summed E-state index contributed by atoms with van der Waals surface area (Å²) in [6.45, 7) is 2.55. The molecule has 27 heavy (non-hydrogen) atoms. The molecule has 3 N–H and O–H groups in total. The monoisotopic (exact) mass is 367 g/mol. The van der Waals surface area contributed by atoms with Gasteiger partial charge in [0.25, 0.3) is 5.95 Å². The lowest BCUT2D eigenvalue weighted by molar-refractivity contribution is 0.0668. The van der Waals surface area contributed by atoms with Crippen LogP contribution in [-0.4, -0.2) is 55.0 Å². The van der Waals surface area contributed by atoms with Gasteiger partial charge in [-0.1, -0.05) is 30.3 Å². The van der Waals surface area contributed by atoms with Crippen LogP contribution in [0.3, 0.4) is 0 Å². The van der Waals surface area contributed by atoms with E-state index in [-0.39, 0.29) is 12.1 Å². The van der Waals surface area contributed by atoms with Crippen LogP contribution in [0.15, 0.2) is 42.5 Å². The number of nitrogens with zero attached hydrogens (tertiary/aromatic N) is 4. The Bertz CT molecular complexity index is 954. The van der Waals surface area contributed by atoms with E-state index in [1.165, 1.54) is 5.56 Å². The highest BCUT2D eigenvalue weighted by Crippen LogP contribution is 2.22. The number of nitrogens with one attached hydrogen (secondary N) is 1. The maximum Gasteiger partial charge on any atom is 0.411 e. The molecule has 3 aromatic rings. The van der Waals surface area contributed by atoms with Crippen LogP contribution in [0.4, 0.5) is 10.7 Å². The van der Waals surface area contributed by atoms with Gasteiger partial charge in [-0.15, -0.1) is 5.10 Å². The van der Waals surface area contributed by atoms with E-state index in [0.717, 1.165) is 43.7 Å². The second kappa shape index (κ2) is 7.34. The molecule has 8 nitrogen and oxygen atoms in total. The number of pyridine rings is 1. The minimum absolute atomic E-state index is 0.0511. The fourth-order valence-electron chi connectivity index (χ4n) is 3.49. The van der Waals surface area contributed by atoms with E-state index < -0.39 is 6.09 Å². The summed E-state index contributed by atoms with van der Waals surface area (Å²) in [6, 6.07) is 13.8. The van der Waals surface area contributed by atoms with Gasteiger partial charge in [-0.25, -0.2) is 9.31 Å². The van der Waals surface area contributed by atoms with Crippen molar-refractivity contribution in [2.45, 2.75) is 25.5 Å². The van der Waals surface area contributed by atoms with Crippen molar-refractivity contribution < 1.29 is 15.0 Å². The van der Waals surface area contributed by atoms with Gasteiger partial charge < -0.3 is 10.2 Å². The van der Waals surface area contributed by atoms with Crippen LogP contribution in [0, 0.1) is 0 Å². The number of rotatable bonds is 4. The van der Waals surface area contributed by atoms with Crippen molar-refractivity contribution in [1.82, 2.24) is 19.5 Å². The molecule has 0 radical (unpaired) electrons. The average molecular weight is 367 g/mol. The SMILES string of the molecule is O=C(O)Nc1nc2cccc(-c3ccc(CN4CCCC(O)C4)cc3)n2n1. The molecule has 1 aromatic carbocycles. The molecule has 0 spiro atoms. The molecular weight excluding hydrogens is 346 g/mol. The smallest absolute Gasteiger partial charge is 0.411 e. The molecule has 140 valence electrons. The molecule has 2 aromatic heterocycles. The van der Waals surface area contributed by atoms with Crippen molar-refractivity contribution in [3.63, 3.8) is 0 Å². The molecule has 0 bridgehead atoms. The number of piperidine rings is 1. The van der Waals surface area contributed by atoms with Crippen molar-refractivity contribution in [2.75, 3.05) is 18.4 Å². The maximum atomic E-state index is 10.8. The van der Waals surface area contributed by atoms with Gasteiger partial charge in [0.15, 0.2) is 5.65 Å². The number of aliphatic hydroxyl groups is 1. The van der Waals surface area contributed by atoms with E-state index in [1.807, 2.05) is 24.3 Å². The number of carbonyl (C=O) groups is 1. The fourth-order valence-corrected chi connectivity index (χ4v) is 3.49. The Morgan fingerprint density at radius 2 is 2.04 bits per heavy atom. The number of anilines is 1. The van der Waals surface area contributed by atoms with E-state index >= 15 is 0 Å². The van der Waals surface area contributed by atoms with Gasteiger partial charge in [0.05, 0.1) is 11.8 Å². The molecule has 1 saturated heterocycles. The van der Waals surface area contributed by atoms with Gasteiger partial charge in [-0.3, -0.25) is 10.2 Å². The van der Waals surface area contributed by atoms with Gasteiger partial charge in [-0.2, -0.15) is 4.98 Å². The Labute approximate surface area is 156 Å². The first kappa shape index (κ1) is 17.4. The first-order chi connectivity index (χ1) is 13.1. The number of fused-ring (bicyclic) bond motifs is 1. The zero-order chi connectivity index (χ0) is 18.8. The summed E-state index contributed by atoms with van der Waals surface area (Å²) in [6.07, 6.45) is 0.493. The first-order valence-electron chi connectivity index (χ1n) is 8.94. The summed E-state index contributed by atoms with van der Waals surface area (Å²) in [7, 11) is 0. The quantitative estimate of drug-likeness (QED) is 0.654. The molecule has 3 heterocycles. The number of carboxylic acid groups (broad SMARTS) is 1. The number of likely N-dealkylation sites (tertiary alicyclic amines) is 1. The third-order valence-corrected chi connectivity index (χ3v) is 4.72. The van der Waals surface area contributed by atoms with E-state index in [9.17, 15) is 9.90 Å². The Morgan fingerprint density at radius 1 is 1.22 bits per heavy atom. The van der Waals surface area contributed by atoms with Crippen molar-refractivity contribution >= 4 is 17.7 Å². The number of β-amino-alcohol motifs (C(OH)–C–C–N with tert-alkyl or cyclic N) is 1. The summed E-state index contributed by atoms with van der Waals surface area (Å²) in [4.78, 5) is 17.2. The van der Waals surface area contributed by atoms with Crippen LogP contribution in [0.1, 0.15) is 18.4 Å². The van der Waals surface area contributed by atoms with Crippen molar-refractivity contribution in [2.24, 2.45) is 0 Å². The maximum absolute atomic E-state index is 10.8. The third kappa shape index (κ3) is 3.91. The van der Waals surface area contributed by atoms with E-state index in [0.29, 0.717) is 5.65 Å². The van der Waals surface area contributed by atoms with Crippen LogP contribution in [0.2, 0.25) is 0 Å². The topological polar surface area (TPSA) is 103 Å². The lowest BCUT2D eigenvalue weighted by Gasteiger charge is -2.29. The lowest BCUT2D eigenvalue weighted by Crippen LogP contribution is -2.37. The largest absolute Gasteiger partial charge is 0.465 e. The number of amides is 1. The second-order valence-electron chi connectivity index (χ2n) is 6.77. The second-order valence-corrected chi connectivity index (χ2v) is 6.77. The molecule has 1 fully saturated rings. The van der Waals surface area contributed by atoms with Crippen LogP contribution in [0.5, 0.6) is 0 Å². The minimum atomic E-state index is -1.19. The standard InChI is InChI=1S/C19H21N5O3/c25-15-3-2-10-23(12-15)11-13-6-8-14(9-7-13)16-4-1-5-17-20-18(21-19(26)27)22-24(16)17/h1,4-9,15,25H,2-3,10-12H2,(H,21,22)(H,26,27). The van der Waals surface area contributed by atoms with Gasteiger partial charge in [0.2, 0.25) is 0 Å². The van der Waals surface area contributed by atoms with Gasteiger partial charge >= 0.3 is 6.09 Å². The number of hydrogen-bond acceptors (Lipinski definition) is 5. The van der Waals surface area contributed by atoms with Crippen LogP contribution < -0.4 is 5.32 Å². The van der Waals surface area contributed by atoms with Crippen molar-refractivity contribution in [3.05, 3.63) is 48.0 Å². The zero-order valence-corrected chi connectivity index (χ0v) is 14.7. The molecule has 1 aliphatic heterocycles. The highest BCUT2D eigenvalue weighted by atomic mass is 16.4. The highest BCUT2D eigenvalue weighted by molar-refractivity contribution is 5.80. The molecular formula is C19H21N5O3. The summed E-state index contributed by atoms with van der Waals surface area (Å²) < 4.78 is 1.63. The van der Waals surface area contributed by atoms with Gasteiger partial charge in [0.1, 0.15) is 0 Å². The normalized spacial score (nSPS) is 17.9. The number of aliphatic hydroxyl groups excluding tert-OH is 1. The molecule has 1 amide bonds. The Morgan fingerprint density at radius 3 is 2.78 bits per heavy atom. The van der Waals surface area contributed by atoms with E-state index in [2.05, 4.69) is 32.4 Å². The molecule has 0 aliphatic carbocycles. The summed E-state index contributed by atoms with van der Waals surface area (Å²) in [5, 5.41) is 25.1. The predicted octanol–water partition coefficient (Wildman–Crippen LogP) is 2.44. The summed E-state index contributed by atoms with van der Waals surface area (Å²) in [5.74, 6) is 0.0511. The molecule has 4 rings (SSSR count). The fraction of sp³-hybridized carbons (Fsp3) is 0.316. The summed E-state index contributed by atoms with van der Waals surface area (Å²) >= 11 is 0. The van der Waals surface area contributed by atoms with Crippen LogP contribution in [-0.2, 0) is 6.54 Å². The van der Waals surface area contributed by atoms with E-state index in [4.69, 9.17) is 5.11 Å². The number of hydrogen-bond donors (Lipinski definition) is 3. The lowest BCUT2D eigenvalue weighted by atomic mass is 10.1. The number of aromatic nitrogens is 3. The van der Waals surface area contributed by atoms with Crippen LogP contribution >= 0.6 is 0 Å². The molecule has 8 heteroatoms. The molecule has 1 aliphatic rings. The van der Waals surface area contributed by atoms with Crippen LogP contribution in [0.25, 0.3) is 16.9 Å². The summed E-state index contributed by atoms with van der Waals surface area (Å²) in [5.41, 5.74) is 3.56. The Kier molecular flexibility index (Phi) is 4.74. The zero-order valence-electron chi connectivity index (χ0n) is 14.7. The van der Waals surface area contributed by atoms with Gasteiger partial charge in [0, 0.05) is 18.7 Å². The molecule has 0 saturated carbocycles. The van der Waals surface area contributed by atoms with Gasteiger partial charge in [-0.05, 0) is 37.1 Å². The minimum Gasteiger partial charge on any atom is -0.465 e. The highest BCUT2D eigenvalue weighted by Gasteiger charge is 2.17. The average Bonchev–Trinajstić information content (AvgIpc) is 3.04.